The van der Waals surface area contributed by atoms with Gasteiger partial charge in [-0.2, -0.15) is 5.10 Å². The Bertz CT molecular complexity index is 1370. The van der Waals surface area contributed by atoms with Crippen LogP contribution in [-0.2, 0) is 11.8 Å². The predicted molar refractivity (Wildman–Crippen MR) is 115 cm³/mol. The monoisotopic (exact) mass is 436 g/mol. The Morgan fingerprint density at radius 2 is 2.12 bits per heavy atom. The third kappa shape index (κ3) is 3.26. The molecule has 11 heteroatoms. The molecule has 164 valence electrons. The standard InChI is InChI=1S/C21H21FN8O2/c1-10(21(32)30-8-12(23)9-30)26-20(31)14-6-24-19-18(14)27-15(7-25-19)17-13-4-3-11(22)5-16(13)29(2)28-17/h3-7,10,12H,8-9,23H2,1-2H3,(H,24,25)(H,26,31)/t10-/m1/s1. The lowest BCUT2D eigenvalue weighted by molar-refractivity contribution is -0.137. The summed E-state index contributed by atoms with van der Waals surface area (Å²) in [4.78, 5) is 38.8. The molecule has 0 saturated carbocycles. The van der Waals surface area contributed by atoms with Crippen LogP contribution in [0.2, 0.25) is 0 Å². The molecule has 4 N–H and O–H groups in total. The number of nitrogens with two attached hydrogens (primary N) is 1. The Labute approximate surface area is 181 Å². The van der Waals surface area contributed by atoms with Crippen LogP contribution < -0.4 is 11.1 Å². The number of carbonyl (C=O) groups is 2. The SMILES string of the molecule is C[C@@H](NC(=O)c1c[nH]c2ncc(-c3nn(C)c4cc(F)ccc34)nc12)C(=O)N1CC(N)C1. The fraction of sp³-hybridized carbons (Fsp3) is 0.286. The third-order valence-corrected chi connectivity index (χ3v) is 5.62. The Morgan fingerprint density at radius 3 is 2.88 bits per heavy atom. The minimum Gasteiger partial charge on any atom is -0.344 e. The van der Waals surface area contributed by atoms with E-state index in [-0.39, 0.29) is 23.3 Å². The summed E-state index contributed by atoms with van der Waals surface area (Å²) >= 11 is 0. The van der Waals surface area contributed by atoms with E-state index in [1.54, 1.807) is 35.8 Å². The number of hydrogen-bond acceptors (Lipinski definition) is 6. The van der Waals surface area contributed by atoms with Crippen LogP contribution in [0.15, 0.2) is 30.6 Å². The van der Waals surface area contributed by atoms with Gasteiger partial charge >= 0.3 is 0 Å². The summed E-state index contributed by atoms with van der Waals surface area (Å²) in [5.74, 6) is -0.984. The van der Waals surface area contributed by atoms with Crippen molar-refractivity contribution in [3.05, 3.63) is 42.0 Å². The van der Waals surface area contributed by atoms with Crippen LogP contribution in [0.25, 0.3) is 33.5 Å². The van der Waals surface area contributed by atoms with Crippen LogP contribution in [0.5, 0.6) is 0 Å². The van der Waals surface area contributed by atoms with Crippen LogP contribution >= 0.6 is 0 Å². The topological polar surface area (TPSA) is 135 Å². The Balaban J connectivity index is 1.46. The number of benzene rings is 1. The van der Waals surface area contributed by atoms with E-state index in [9.17, 15) is 14.0 Å². The van der Waals surface area contributed by atoms with E-state index >= 15 is 0 Å². The number of amides is 2. The van der Waals surface area contributed by atoms with Crippen molar-refractivity contribution in [3.8, 4) is 11.4 Å². The zero-order valence-electron chi connectivity index (χ0n) is 17.5. The molecule has 0 unspecified atom stereocenters. The summed E-state index contributed by atoms with van der Waals surface area (Å²) in [5, 5.41) is 7.89. The zero-order valence-corrected chi connectivity index (χ0v) is 17.5. The van der Waals surface area contributed by atoms with Crippen molar-refractivity contribution >= 4 is 33.9 Å². The largest absolute Gasteiger partial charge is 0.344 e. The number of nitrogens with zero attached hydrogens (tertiary/aromatic N) is 5. The van der Waals surface area contributed by atoms with Gasteiger partial charge in [-0.25, -0.2) is 14.4 Å². The number of aromatic amines is 1. The van der Waals surface area contributed by atoms with E-state index in [1.165, 1.54) is 18.3 Å². The summed E-state index contributed by atoms with van der Waals surface area (Å²) in [6, 6.07) is 3.68. The lowest BCUT2D eigenvalue weighted by Crippen LogP contribution is -2.61. The molecule has 1 aliphatic heterocycles. The normalized spacial score (nSPS) is 15.2. The number of likely N-dealkylation sites (tertiary alicyclic amines) is 1. The highest BCUT2D eigenvalue weighted by Crippen LogP contribution is 2.28. The predicted octanol–water partition coefficient (Wildman–Crippen LogP) is 0.938. The van der Waals surface area contributed by atoms with E-state index in [0.717, 1.165) is 5.39 Å². The molecule has 1 fully saturated rings. The van der Waals surface area contributed by atoms with Gasteiger partial charge in [-0.1, -0.05) is 0 Å². The van der Waals surface area contributed by atoms with Gasteiger partial charge in [0.2, 0.25) is 5.91 Å². The maximum Gasteiger partial charge on any atom is 0.255 e. The van der Waals surface area contributed by atoms with E-state index in [2.05, 4.69) is 25.4 Å². The summed E-state index contributed by atoms with van der Waals surface area (Å²) < 4.78 is 15.2. The van der Waals surface area contributed by atoms with Crippen molar-refractivity contribution in [2.45, 2.75) is 19.0 Å². The summed E-state index contributed by atoms with van der Waals surface area (Å²) in [6.07, 6.45) is 3.05. The lowest BCUT2D eigenvalue weighted by Gasteiger charge is -2.38. The molecule has 2 amide bonds. The quantitative estimate of drug-likeness (QED) is 0.436. The van der Waals surface area contributed by atoms with E-state index < -0.39 is 11.9 Å². The maximum absolute atomic E-state index is 13.6. The number of hydrogen-bond donors (Lipinski definition) is 3. The van der Waals surface area contributed by atoms with E-state index in [4.69, 9.17) is 5.73 Å². The molecule has 0 aliphatic carbocycles. The molecule has 3 aromatic heterocycles. The number of nitrogens with one attached hydrogen (secondary N) is 2. The summed E-state index contributed by atoms with van der Waals surface area (Å²) in [6.45, 7) is 2.61. The molecule has 1 saturated heterocycles. The molecule has 0 spiro atoms. The second-order valence-electron chi connectivity index (χ2n) is 7.99. The summed E-state index contributed by atoms with van der Waals surface area (Å²) in [5.41, 5.74) is 8.37. The van der Waals surface area contributed by atoms with E-state index in [1.807, 2.05) is 0 Å². The molecule has 5 rings (SSSR count). The number of H-pyrrole nitrogens is 1. The fourth-order valence-corrected chi connectivity index (χ4v) is 3.90. The smallest absolute Gasteiger partial charge is 0.255 e. The van der Waals surface area contributed by atoms with Crippen molar-refractivity contribution in [2.75, 3.05) is 13.1 Å². The number of aromatic nitrogens is 5. The minimum atomic E-state index is -0.703. The Morgan fingerprint density at radius 1 is 1.34 bits per heavy atom. The lowest BCUT2D eigenvalue weighted by atomic mass is 10.1. The molecule has 1 atom stereocenters. The summed E-state index contributed by atoms with van der Waals surface area (Å²) in [7, 11) is 1.72. The maximum atomic E-state index is 13.6. The number of carbonyl (C=O) groups excluding carboxylic acids is 2. The van der Waals surface area contributed by atoms with Gasteiger partial charge in [0.25, 0.3) is 5.91 Å². The number of fused-ring (bicyclic) bond motifs is 2. The molecule has 0 radical (unpaired) electrons. The van der Waals surface area contributed by atoms with Crippen LogP contribution in [0.3, 0.4) is 0 Å². The van der Waals surface area contributed by atoms with Gasteiger partial charge in [-0.15, -0.1) is 0 Å². The van der Waals surface area contributed by atoms with E-state index in [0.29, 0.717) is 41.2 Å². The molecular weight excluding hydrogens is 415 g/mol. The highest BCUT2D eigenvalue weighted by atomic mass is 19.1. The van der Waals surface area contributed by atoms with Crippen LogP contribution in [0.4, 0.5) is 4.39 Å². The third-order valence-electron chi connectivity index (χ3n) is 5.62. The highest BCUT2D eigenvalue weighted by Gasteiger charge is 2.31. The first-order valence-electron chi connectivity index (χ1n) is 10.1. The number of aryl methyl sites for hydroxylation is 1. The first-order chi connectivity index (χ1) is 15.3. The van der Waals surface area contributed by atoms with Gasteiger partial charge in [0, 0.05) is 37.8 Å². The van der Waals surface area contributed by atoms with Gasteiger partial charge in [-0.05, 0) is 25.1 Å². The molecule has 10 nitrogen and oxygen atoms in total. The second kappa shape index (κ2) is 7.38. The molecule has 1 aliphatic rings. The molecule has 4 heterocycles. The van der Waals surface area contributed by atoms with Gasteiger partial charge < -0.3 is 20.9 Å². The molecule has 4 aromatic rings. The average molecular weight is 436 g/mol. The van der Waals surface area contributed by atoms with Crippen LogP contribution in [0, 0.1) is 5.82 Å². The van der Waals surface area contributed by atoms with Crippen LogP contribution in [-0.4, -0.2) is 66.6 Å². The second-order valence-corrected chi connectivity index (χ2v) is 7.99. The van der Waals surface area contributed by atoms with Crippen molar-refractivity contribution in [1.82, 2.24) is 34.9 Å². The Hall–Kier alpha value is -3.86. The molecule has 0 bridgehead atoms. The van der Waals surface area contributed by atoms with Crippen molar-refractivity contribution in [1.29, 1.82) is 0 Å². The molecular formula is C21H21FN8O2. The Kier molecular flexibility index (Phi) is 4.63. The van der Waals surface area contributed by atoms with Gasteiger partial charge in [0.05, 0.1) is 17.3 Å². The first kappa shape index (κ1) is 20.1. The van der Waals surface area contributed by atoms with Gasteiger partial charge in [0.15, 0.2) is 5.65 Å². The minimum absolute atomic E-state index is 0.0108. The van der Waals surface area contributed by atoms with Crippen molar-refractivity contribution < 1.29 is 14.0 Å². The van der Waals surface area contributed by atoms with Crippen molar-refractivity contribution in [3.63, 3.8) is 0 Å². The van der Waals surface area contributed by atoms with Crippen molar-refractivity contribution in [2.24, 2.45) is 12.8 Å². The number of rotatable bonds is 4. The molecule has 1 aromatic carbocycles. The van der Waals surface area contributed by atoms with Gasteiger partial charge in [-0.3, -0.25) is 14.3 Å². The van der Waals surface area contributed by atoms with Gasteiger partial charge in [0.1, 0.15) is 28.8 Å². The highest BCUT2D eigenvalue weighted by molar-refractivity contribution is 6.06. The zero-order chi connectivity index (χ0) is 22.6. The average Bonchev–Trinajstić information content (AvgIpc) is 3.31. The molecule has 32 heavy (non-hydrogen) atoms. The first-order valence-corrected chi connectivity index (χ1v) is 10.1. The number of halogens is 1. The van der Waals surface area contributed by atoms with Crippen LogP contribution in [0.1, 0.15) is 17.3 Å². The fourth-order valence-electron chi connectivity index (χ4n) is 3.90.